The molecule has 38 heavy (non-hydrogen) atoms. The number of aromatic nitrogens is 3. The summed E-state index contributed by atoms with van der Waals surface area (Å²) in [6.07, 6.45) is 0.139. The first-order chi connectivity index (χ1) is 18.2. The summed E-state index contributed by atoms with van der Waals surface area (Å²) in [5.74, 6) is -0.0329. The maximum absolute atomic E-state index is 13.6. The van der Waals surface area contributed by atoms with E-state index in [1.807, 2.05) is 26.0 Å². The molecule has 0 radical (unpaired) electrons. The van der Waals surface area contributed by atoms with E-state index in [0.29, 0.717) is 32.9 Å². The second-order valence-electron chi connectivity index (χ2n) is 8.62. The minimum atomic E-state index is -0.829. The highest BCUT2D eigenvalue weighted by atomic mass is 79.9. The maximum Gasteiger partial charge on any atom is 0.439 e. The number of nitrogens with zero attached hydrogens (tertiary/aromatic N) is 2. The van der Waals surface area contributed by atoms with Gasteiger partial charge in [0, 0.05) is 39.7 Å². The molecule has 0 aliphatic rings. The molecular formula is C27H22BrN4O5S+. The van der Waals surface area contributed by atoms with E-state index >= 15 is 0 Å². The number of carbonyl (C=O) groups excluding carboxylic acids is 2. The predicted octanol–water partition coefficient (Wildman–Crippen LogP) is 4.48. The molecule has 192 valence electrons. The highest BCUT2D eigenvalue weighted by molar-refractivity contribution is 9.10. The Balaban J connectivity index is 1.55. The number of ketones is 2. The van der Waals surface area contributed by atoms with Crippen molar-refractivity contribution in [3.63, 3.8) is 0 Å². The van der Waals surface area contributed by atoms with Gasteiger partial charge in [0.15, 0.2) is 5.78 Å². The number of fused-ring (bicyclic) bond motifs is 1. The van der Waals surface area contributed by atoms with Crippen molar-refractivity contribution in [2.45, 2.75) is 20.3 Å². The number of ether oxygens (including phenoxy) is 1. The number of halogens is 1. The number of hydrogen-bond acceptors (Lipinski definition) is 8. The van der Waals surface area contributed by atoms with Gasteiger partial charge in [0.2, 0.25) is 5.69 Å². The topological polar surface area (TPSA) is 132 Å². The average Bonchev–Trinajstić information content (AvgIpc) is 3.46. The summed E-state index contributed by atoms with van der Waals surface area (Å²) in [6, 6.07) is 13.9. The number of nitrogens with one attached hydrogen (secondary N) is 1. The summed E-state index contributed by atoms with van der Waals surface area (Å²) in [5, 5.41) is 3.07. The molecule has 3 aromatic heterocycles. The van der Waals surface area contributed by atoms with Crippen LogP contribution in [0, 0.1) is 13.8 Å². The van der Waals surface area contributed by atoms with Crippen molar-refractivity contribution < 1.29 is 23.5 Å². The minimum absolute atomic E-state index is 0.0552. The second kappa shape index (κ2) is 9.99. The number of rotatable bonds is 7. The van der Waals surface area contributed by atoms with Gasteiger partial charge in [-0.2, -0.15) is 0 Å². The lowest BCUT2D eigenvalue weighted by atomic mass is 9.96. The number of aromatic amines is 1. The van der Waals surface area contributed by atoms with Crippen LogP contribution in [0.5, 0.6) is 5.75 Å². The zero-order valence-corrected chi connectivity index (χ0v) is 23.0. The molecule has 0 spiro atoms. The van der Waals surface area contributed by atoms with Crippen LogP contribution in [0.15, 0.2) is 62.3 Å². The number of H-pyrrole nitrogens is 1. The largest absolute Gasteiger partial charge is 0.497 e. The van der Waals surface area contributed by atoms with E-state index in [1.54, 1.807) is 43.5 Å². The number of carbonyl (C=O) groups is 2. The van der Waals surface area contributed by atoms with Crippen LogP contribution in [-0.4, -0.2) is 28.9 Å². The first-order valence-electron chi connectivity index (χ1n) is 11.5. The van der Waals surface area contributed by atoms with Crippen molar-refractivity contribution in [3.8, 4) is 11.4 Å². The van der Waals surface area contributed by atoms with Crippen molar-refractivity contribution in [3.05, 3.63) is 96.4 Å². The SMILES string of the molecule is COc1ccc(-[n+]2[nH]oc(=O)c2C(=O)c2sc3nc(C)c(CC(=O)c4ccc(Br)cc4)c(C)c3c2N)cc1. The van der Waals surface area contributed by atoms with Crippen molar-refractivity contribution >= 4 is 54.7 Å². The van der Waals surface area contributed by atoms with Crippen LogP contribution in [-0.2, 0) is 6.42 Å². The zero-order chi connectivity index (χ0) is 27.1. The Labute approximate surface area is 229 Å². The number of aryl methyl sites for hydroxylation is 2. The molecule has 2 aromatic carbocycles. The molecule has 3 heterocycles. The number of thiophene rings is 1. The van der Waals surface area contributed by atoms with Crippen LogP contribution in [0.3, 0.4) is 0 Å². The van der Waals surface area contributed by atoms with E-state index in [4.69, 9.17) is 15.0 Å². The summed E-state index contributed by atoms with van der Waals surface area (Å²) < 4.78 is 12.3. The van der Waals surface area contributed by atoms with E-state index in [1.165, 1.54) is 4.68 Å². The van der Waals surface area contributed by atoms with Gasteiger partial charge in [-0.3, -0.25) is 14.1 Å². The summed E-state index contributed by atoms with van der Waals surface area (Å²) in [7, 11) is 1.54. The molecular weight excluding hydrogens is 572 g/mol. The Morgan fingerprint density at radius 3 is 2.47 bits per heavy atom. The molecule has 5 rings (SSSR count). The van der Waals surface area contributed by atoms with Crippen LogP contribution >= 0.6 is 27.3 Å². The first kappa shape index (κ1) is 25.6. The van der Waals surface area contributed by atoms with Crippen molar-refractivity contribution in [2.75, 3.05) is 12.8 Å². The number of benzene rings is 2. The number of nitrogen functional groups attached to an aromatic ring is 1. The van der Waals surface area contributed by atoms with Gasteiger partial charge in [-0.05, 0) is 59.2 Å². The summed E-state index contributed by atoms with van der Waals surface area (Å²) in [6.45, 7) is 3.69. The fraction of sp³-hybridized carbons (Fsp3) is 0.148. The molecule has 0 aliphatic heterocycles. The molecule has 0 bridgehead atoms. The predicted molar refractivity (Wildman–Crippen MR) is 147 cm³/mol. The first-order valence-corrected chi connectivity index (χ1v) is 13.1. The Kier molecular flexibility index (Phi) is 6.72. The fourth-order valence-corrected chi connectivity index (χ4v) is 5.74. The fourth-order valence-electron chi connectivity index (χ4n) is 4.33. The molecule has 0 aliphatic carbocycles. The van der Waals surface area contributed by atoms with E-state index in [-0.39, 0.29) is 28.5 Å². The number of anilines is 1. The molecule has 0 atom stereocenters. The van der Waals surface area contributed by atoms with Crippen LogP contribution < -0.4 is 20.8 Å². The van der Waals surface area contributed by atoms with Gasteiger partial charge in [0.25, 0.3) is 5.78 Å². The van der Waals surface area contributed by atoms with Gasteiger partial charge >= 0.3 is 11.3 Å². The Morgan fingerprint density at radius 1 is 1.13 bits per heavy atom. The third-order valence-corrected chi connectivity index (χ3v) is 7.99. The number of hydrogen-bond donors (Lipinski definition) is 2. The normalized spacial score (nSPS) is 11.2. The number of methoxy groups -OCH3 is 1. The molecule has 11 heteroatoms. The molecule has 0 saturated carbocycles. The minimum Gasteiger partial charge on any atom is -0.497 e. The smallest absolute Gasteiger partial charge is 0.439 e. The third-order valence-electron chi connectivity index (χ3n) is 6.36. The van der Waals surface area contributed by atoms with Gasteiger partial charge in [-0.25, -0.2) is 9.78 Å². The maximum atomic E-state index is 13.6. The van der Waals surface area contributed by atoms with Crippen molar-refractivity contribution in [1.82, 2.24) is 10.3 Å². The molecule has 9 nitrogen and oxygen atoms in total. The van der Waals surface area contributed by atoms with Crippen LogP contribution in [0.2, 0.25) is 0 Å². The number of nitrogens with two attached hydrogens (primary N) is 1. The molecule has 0 amide bonds. The van der Waals surface area contributed by atoms with Crippen LogP contribution in [0.25, 0.3) is 15.9 Å². The molecule has 0 unspecified atom stereocenters. The summed E-state index contributed by atoms with van der Waals surface area (Å²) in [5.41, 5.74) is 8.93. The van der Waals surface area contributed by atoms with Crippen molar-refractivity contribution in [2.24, 2.45) is 0 Å². The standard InChI is InChI=1S/C27H21BrN4O5S/c1-13-19(12-20(33)15-4-6-16(28)7-5-15)14(2)30-26-21(13)22(29)25(38-26)24(34)23-27(35)37-31-32(23)17-8-10-18(36-3)11-9-17/h4-11H,12H2,1-3H3,(H2-,29,31,34,35)/p+1. The van der Waals surface area contributed by atoms with Gasteiger partial charge in [-0.15, -0.1) is 11.3 Å². The van der Waals surface area contributed by atoms with E-state index in [9.17, 15) is 14.4 Å². The third kappa shape index (κ3) is 4.44. The van der Waals surface area contributed by atoms with Crippen molar-refractivity contribution in [1.29, 1.82) is 0 Å². The zero-order valence-electron chi connectivity index (χ0n) is 20.6. The van der Waals surface area contributed by atoms with E-state index in [0.717, 1.165) is 26.9 Å². The molecule has 0 fully saturated rings. The summed E-state index contributed by atoms with van der Waals surface area (Å²) >= 11 is 4.48. The number of pyridine rings is 1. The van der Waals surface area contributed by atoms with Gasteiger partial charge < -0.3 is 10.5 Å². The van der Waals surface area contributed by atoms with E-state index < -0.39 is 11.4 Å². The van der Waals surface area contributed by atoms with Gasteiger partial charge in [0.1, 0.15) is 15.5 Å². The molecule has 3 N–H and O–H groups in total. The van der Waals surface area contributed by atoms with Crippen LogP contribution in [0.1, 0.15) is 42.5 Å². The Bertz CT molecular complexity index is 1770. The average molecular weight is 594 g/mol. The highest BCUT2D eigenvalue weighted by Crippen LogP contribution is 2.38. The lowest BCUT2D eigenvalue weighted by molar-refractivity contribution is -0.672. The van der Waals surface area contributed by atoms with Gasteiger partial charge in [-0.1, -0.05) is 28.1 Å². The van der Waals surface area contributed by atoms with E-state index in [2.05, 4.69) is 26.2 Å². The lowest BCUT2D eigenvalue weighted by Gasteiger charge is -2.11. The highest BCUT2D eigenvalue weighted by Gasteiger charge is 2.35. The second-order valence-corrected chi connectivity index (χ2v) is 10.5. The van der Waals surface area contributed by atoms with Crippen LogP contribution in [0.4, 0.5) is 5.69 Å². The number of Topliss-reactive ketones (excluding diaryl/α,β-unsaturated/α-hetero) is 1. The Hall–Kier alpha value is -4.09. The monoisotopic (exact) mass is 593 g/mol. The summed E-state index contributed by atoms with van der Waals surface area (Å²) in [4.78, 5) is 44.6. The Morgan fingerprint density at radius 2 is 1.82 bits per heavy atom. The van der Waals surface area contributed by atoms with Gasteiger partial charge in [0.05, 0.1) is 12.8 Å². The lowest BCUT2D eigenvalue weighted by Crippen LogP contribution is -2.41. The molecule has 5 aromatic rings. The molecule has 0 saturated heterocycles. The quantitative estimate of drug-likeness (QED) is 0.210.